The standard InChI is InChI=1S/C28H30N4O6/c1-16(2)36-23-13-10-17(14-21(23)29-6)26-30-25(31-38-26)20-9-7-8-19-18(20)11-12-22(19)32(15-24(33)34)27(35)37-28(3,4)5/h7-10,13-14,16,22H,11-12,15H2,1-5H3,(H,33,34)/t22-/m0/s1. The van der Waals surface area contributed by atoms with Gasteiger partial charge in [0, 0.05) is 11.1 Å². The summed E-state index contributed by atoms with van der Waals surface area (Å²) in [4.78, 5) is 33.9. The zero-order valence-corrected chi connectivity index (χ0v) is 22.0. The van der Waals surface area contributed by atoms with Gasteiger partial charge in [-0.3, -0.25) is 9.69 Å². The van der Waals surface area contributed by atoms with Crippen LogP contribution >= 0.6 is 0 Å². The Bertz CT molecular complexity index is 1400. The van der Waals surface area contributed by atoms with E-state index < -0.39 is 30.3 Å². The van der Waals surface area contributed by atoms with Crippen LogP contribution in [0.15, 0.2) is 40.9 Å². The molecule has 0 unspecified atom stereocenters. The normalized spacial score (nSPS) is 14.6. The van der Waals surface area contributed by atoms with Gasteiger partial charge in [-0.05, 0) is 76.8 Å². The Balaban J connectivity index is 1.65. The molecule has 0 radical (unpaired) electrons. The smallest absolute Gasteiger partial charge is 0.411 e. The van der Waals surface area contributed by atoms with Crippen LogP contribution in [0, 0.1) is 6.57 Å². The summed E-state index contributed by atoms with van der Waals surface area (Å²) in [5, 5.41) is 13.6. The maximum absolute atomic E-state index is 12.9. The Hall–Kier alpha value is -4.39. The van der Waals surface area contributed by atoms with Crippen LogP contribution in [0.25, 0.3) is 27.7 Å². The first-order valence-electron chi connectivity index (χ1n) is 12.3. The quantitative estimate of drug-likeness (QED) is 0.375. The van der Waals surface area contributed by atoms with E-state index in [1.807, 2.05) is 32.0 Å². The largest absolute Gasteiger partial charge is 0.502 e. The highest BCUT2D eigenvalue weighted by molar-refractivity contribution is 5.78. The van der Waals surface area contributed by atoms with Crippen molar-refractivity contribution in [1.29, 1.82) is 0 Å². The zero-order valence-electron chi connectivity index (χ0n) is 22.0. The van der Waals surface area contributed by atoms with Crippen LogP contribution in [0.3, 0.4) is 0 Å². The first-order valence-corrected chi connectivity index (χ1v) is 12.3. The summed E-state index contributed by atoms with van der Waals surface area (Å²) in [5.74, 6) is -0.00555. The van der Waals surface area contributed by atoms with Crippen LogP contribution in [-0.2, 0) is 16.0 Å². The maximum Gasteiger partial charge on any atom is 0.411 e. The van der Waals surface area contributed by atoms with E-state index in [1.165, 1.54) is 4.90 Å². The number of hydrogen-bond donors (Lipinski definition) is 1. The summed E-state index contributed by atoms with van der Waals surface area (Å²) in [6, 6.07) is 10.2. The van der Waals surface area contributed by atoms with E-state index in [2.05, 4.69) is 15.0 Å². The molecule has 0 bridgehead atoms. The van der Waals surface area contributed by atoms with Crippen LogP contribution in [0.5, 0.6) is 5.75 Å². The highest BCUT2D eigenvalue weighted by Crippen LogP contribution is 2.41. The molecule has 2 aromatic carbocycles. The minimum absolute atomic E-state index is 0.0675. The van der Waals surface area contributed by atoms with Crippen molar-refractivity contribution >= 4 is 17.7 Å². The SMILES string of the molecule is [C-]#[N+]c1cc(-c2nc(-c3cccc4c3CC[C@@H]4N(CC(=O)O)C(=O)OC(C)(C)C)no2)ccc1OC(C)C. The predicted molar refractivity (Wildman–Crippen MR) is 139 cm³/mol. The molecule has 198 valence electrons. The first-order chi connectivity index (χ1) is 18.0. The predicted octanol–water partition coefficient (Wildman–Crippen LogP) is 6.05. The van der Waals surface area contributed by atoms with Gasteiger partial charge in [-0.2, -0.15) is 4.98 Å². The van der Waals surface area contributed by atoms with Crippen LogP contribution in [-0.4, -0.2) is 50.5 Å². The Morgan fingerprint density at radius 1 is 1.26 bits per heavy atom. The molecule has 10 nitrogen and oxygen atoms in total. The van der Waals surface area contributed by atoms with E-state index in [0.29, 0.717) is 35.7 Å². The summed E-state index contributed by atoms with van der Waals surface area (Å²) in [6.07, 6.45) is 0.393. The molecule has 0 saturated heterocycles. The Morgan fingerprint density at radius 2 is 2.03 bits per heavy atom. The fraction of sp³-hybridized carbons (Fsp3) is 0.393. The number of carbonyl (C=O) groups excluding carboxylic acids is 1. The number of aliphatic carboxylic acids is 1. The number of rotatable bonds is 7. The Labute approximate surface area is 221 Å². The van der Waals surface area contributed by atoms with E-state index in [9.17, 15) is 14.7 Å². The number of aromatic nitrogens is 2. The molecule has 38 heavy (non-hydrogen) atoms. The number of nitrogens with zero attached hydrogens (tertiary/aromatic N) is 4. The third-order valence-electron chi connectivity index (χ3n) is 5.90. The average molecular weight is 519 g/mol. The van der Waals surface area contributed by atoms with Gasteiger partial charge in [0.1, 0.15) is 17.9 Å². The van der Waals surface area contributed by atoms with Gasteiger partial charge in [0.2, 0.25) is 11.5 Å². The molecule has 0 saturated carbocycles. The van der Waals surface area contributed by atoms with Crippen molar-refractivity contribution < 1.29 is 28.7 Å². The van der Waals surface area contributed by atoms with Crippen molar-refractivity contribution in [1.82, 2.24) is 15.0 Å². The second-order valence-corrected chi connectivity index (χ2v) is 10.3. The van der Waals surface area contributed by atoms with Crippen molar-refractivity contribution in [2.24, 2.45) is 0 Å². The van der Waals surface area contributed by atoms with Crippen molar-refractivity contribution in [2.75, 3.05) is 6.54 Å². The third kappa shape index (κ3) is 5.78. The van der Waals surface area contributed by atoms with Gasteiger partial charge in [0.15, 0.2) is 0 Å². The number of fused-ring (bicyclic) bond motifs is 1. The molecule has 4 rings (SSSR count). The molecule has 1 atom stereocenters. The molecule has 0 aliphatic heterocycles. The molecule has 1 aliphatic carbocycles. The molecule has 1 N–H and O–H groups in total. The summed E-state index contributed by atoms with van der Waals surface area (Å²) < 4.78 is 16.7. The molecule has 3 aromatic rings. The second kappa shape index (κ2) is 10.5. The van der Waals surface area contributed by atoms with E-state index in [1.54, 1.807) is 39.0 Å². The van der Waals surface area contributed by atoms with Crippen LogP contribution in [0.1, 0.15) is 58.2 Å². The lowest BCUT2D eigenvalue weighted by Crippen LogP contribution is -2.41. The van der Waals surface area contributed by atoms with Gasteiger partial charge < -0.3 is 19.1 Å². The molecule has 0 fully saturated rings. The summed E-state index contributed by atoms with van der Waals surface area (Å²) >= 11 is 0. The van der Waals surface area contributed by atoms with Crippen LogP contribution in [0.2, 0.25) is 0 Å². The van der Waals surface area contributed by atoms with Gasteiger partial charge in [0.25, 0.3) is 5.89 Å². The topological polar surface area (TPSA) is 119 Å². The van der Waals surface area contributed by atoms with E-state index in [0.717, 1.165) is 16.7 Å². The van der Waals surface area contributed by atoms with Crippen molar-refractivity contribution in [2.45, 2.75) is 65.2 Å². The van der Waals surface area contributed by atoms with Gasteiger partial charge in [-0.1, -0.05) is 23.4 Å². The van der Waals surface area contributed by atoms with Gasteiger partial charge in [-0.25, -0.2) is 9.64 Å². The van der Waals surface area contributed by atoms with Crippen molar-refractivity contribution in [3.8, 4) is 28.6 Å². The lowest BCUT2D eigenvalue weighted by molar-refractivity contribution is -0.138. The Kier molecular flexibility index (Phi) is 7.39. The minimum atomic E-state index is -1.12. The number of benzene rings is 2. The van der Waals surface area contributed by atoms with E-state index in [-0.39, 0.29) is 12.0 Å². The van der Waals surface area contributed by atoms with Crippen LogP contribution in [0.4, 0.5) is 10.5 Å². The molecule has 10 heteroatoms. The zero-order chi connectivity index (χ0) is 27.6. The molecule has 1 heterocycles. The number of carboxylic acids is 1. The maximum atomic E-state index is 12.9. The average Bonchev–Trinajstić information content (AvgIpc) is 3.49. The molecule has 0 spiro atoms. The number of hydrogen-bond acceptors (Lipinski definition) is 7. The van der Waals surface area contributed by atoms with E-state index in [4.69, 9.17) is 20.6 Å². The van der Waals surface area contributed by atoms with Gasteiger partial charge in [-0.15, -0.1) is 0 Å². The molecule has 1 aromatic heterocycles. The lowest BCUT2D eigenvalue weighted by Gasteiger charge is -2.31. The van der Waals surface area contributed by atoms with E-state index >= 15 is 0 Å². The highest BCUT2D eigenvalue weighted by Gasteiger charge is 2.36. The summed E-state index contributed by atoms with van der Waals surface area (Å²) in [7, 11) is 0. The summed E-state index contributed by atoms with van der Waals surface area (Å²) in [5.41, 5.74) is 2.67. The highest BCUT2D eigenvalue weighted by atomic mass is 16.6. The lowest BCUT2D eigenvalue weighted by atomic mass is 10.0. The second-order valence-electron chi connectivity index (χ2n) is 10.3. The van der Waals surface area contributed by atoms with Crippen LogP contribution < -0.4 is 4.74 Å². The molecular weight excluding hydrogens is 488 g/mol. The number of ether oxygens (including phenoxy) is 2. The summed E-state index contributed by atoms with van der Waals surface area (Å²) in [6.45, 7) is 16.0. The fourth-order valence-corrected chi connectivity index (χ4v) is 4.48. The number of amides is 1. The first kappa shape index (κ1) is 26.7. The molecular formula is C28H30N4O6. The number of carboxylic acid groups (broad SMARTS) is 1. The Morgan fingerprint density at radius 3 is 2.68 bits per heavy atom. The fourth-order valence-electron chi connectivity index (χ4n) is 4.48. The van der Waals surface area contributed by atoms with Gasteiger partial charge in [0.05, 0.1) is 18.7 Å². The van der Waals surface area contributed by atoms with Gasteiger partial charge >= 0.3 is 12.1 Å². The van der Waals surface area contributed by atoms with Crippen molar-refractivity contribution in [3.05, 3.63) is 58.9 Å². The molecule has 1 aliphatic rings. The number of carbonyl (C=O) groups is 2. The third-order valence-corrected chi connectivity index (χ3v) is 5.90. The monoisotopic (exact) mass is 518 g/mol. The molecule has 1 amide bonds. The minimum Gasteiger partial charge on any atom is -0.502 e. The van der Waals surface area contributed by atoms with Crippen molar-refractivity contribution in [3.63, 3.8) is 0 Å².